The van der Waals surface area contributed by atoms with E-state index in [1.165, 1.54) is 36.4 Å². The Labute approximate surface area is 151 Å². The first kappa shape index (κ1) is 18.7. The van der Waals surface area contributed by atoms with E-state index in [9.17, 15) is 21.6 Å². The van der Waals surface area contributed by atoms with E-state index in [4.69, 9.17) is 8.71 Å². The Morgan fingerprint density at radius 3 is 2.30 bits per heavy atom. The third kappa shape index (κ3) is 4.56. The number of hydrogen-bond donors (Lipinski definition) is 0. The van der Waals surface area contributed by atoms with Crippen molar-refractivity contribution < 1.29 is 35.0 Å². The van der Waals surface area contributed by atoms with Gasteiger partial charge in [0.2, 0.25) is 11.7 Å². The van der Waals surface area contributed by atoms with E-state index in [1.807, 2.05) is 0 Å². The summed E-state index contributed by atoms with van der Waals surface area (Å²) in [5.41, 5.74) is 0.539. The molecule has 142 valence electrons. The van der Waals surface area contributed by atoms with Crippen LogP contribution >= 0.6 is 0 Å². The van der Waals surface area contributed by atoms with E-state index in [-0.39, 0.29) is 5.75 Å². The summed E-state index contributed by atoms with van der Waals surface area (Å²) in [5, 5.41) is 3.72. The van der Waals surface area contributed by atoms with Crippen LogP contribution in [0.3, 0.4) is 0 Å². The number of rotatable bonds is 5. The monoisotopic (exact) mass is 400 g/mol. The van der Waals surface area contributed by atoms with Gasteiger partial charge < -0.3 is 13.4 Å². The highest BCUT2D eigenvalue weighted by atomic mass is 32.2. The molecule has 0 saturated heterocycles. The molecule has 0 bridgehead atoms. The normalized spacial score (nSPS) is 12.0. The van der Waals surface area contributed by atoms with Gasteiger partial charge >= 0.3 is 16.5 Å². The molecule has 0 aliphatic carbocycles. The molecular formula is C16H11F3N2O5S. The van der Waals surface area contributed by atoms with Crippen molar-refractivity contribution in [1.82, 2.24) is 10.1 Å². The van der Waals surface area contributed by atoms with Crippen LogP contribution in [0.5, 0.6) is 11.5 Å². The molecule has 0 fully saturated rings. The summed E-state index contributed by atoms with van der Waals surface area (Å²) in [6.07, 6.45) is -5.05. The predicted octanol–water partition coefficient (Wildman–Crippen LogP) is 3.71. The molecule has 1 aromatic heterocycles. The van der Waals surface area contributed by atoms with Crippen molar-refractivity contribution in [1.29, 1.82) is 0 Å². The minimum absolute atomic E-state index is 0.110. The van der Waals surface area contributed by atoms with Crippen molar-refractivity contribution in [3.8, 4) is 22.9 Å². The number of hydrogen-bond acceptors (Lipinski definition) is 7. The molecule has 0 unspecified atom stereocenters. The van der Waals surface area contributed by atoms with Crippen LogP contribution in [0.4, 0.5) is 13.2 Å². The second-order valence-electron chi connectivity index (χ2n) is 5.19. The lowest BCUT2D eigenvalue weighted by atomic mass is 10.2. The van der Waals surface area contributed by atoms with Gasteiger partial charge in [0.05, 0.1) is 0 Å². The lowest BCUT2D eigenvalue weighted by molar-refractivity contribution is -0.275. The number of para-hydroxylation sites is 1. The summed E-state index contributed by atoms with van der Waals surface area (Å²) < 4.78 is 75.6. The van der Waals surface area contributed by atoms with E-state index < -0.39 is 27.1 Å². The van der Waals surface area contributed by atoms with Gasteiger partial charge in [0.15, 0.2) is 5.75 Å². The molecule has 0 spiro atoms. The molecular weight excluding hydrogens is 389 g/mol. The lowest BCUT2D eigenvalue weighted by Crippen LogP contribution is -2.20. The molecule has 11 heteroatoms. The maximum Gasteiger partial charge on any atom is 0.573 e. The highest BCUT2D eigenvalue weighted by Crippen LogP contribution is 2.31. The molecule has 1 heterocycles. The van der Waals surface area contributed by atoms with Gasteiger partial charge in [0, 0.05) is 12.5 Å². The summed E-state index contributed by atoms with van der Waals surface area (Å²) in [7, 11) is -4.56. The fourth-order valence-corrected chi connectivity index (χ4v) is 3.17. The number of benzene rings is 2. The molecule has 0 radical (unpaired) electrons. The van der Waals surface area contributed by atoms with E-state index in [1.54, 1.807) is 6.92 Å². The first-order valence-corrected chi connectivity index (χ1v) is 8.75. The maximum absolute atomic E-state index is 12.5. The standard InChI is InChI=1S/C16H11F3N2O5S/c1-10-20-15(21-25-10)11-6-8-12(9-7-11)26-27(22,23)14-5-3-2-4-13(14)24-16(17,18)19/h2-9H,1H3. The highest BCUT2D eigenvalue weighted by Gasteiger charge is 2.34. The predicted molar refractivity (Wildman–Crippen MR) is 85.4 cm³/mol. The second kappa shape index (κ2) is 6.91. The number of nitrogens with zero attached hydrogens (tertiary/aromatic N) is 2. The zero-order chi connectivity index (χ0) is 19.7. The van der Waals surface area contributed by atoms with E-state index in [0.717, 1.165) is 12.1 Å². The van der Waals surface area contributed by atoms with Crippen molar-refractivity contribution >= 4 is 10.1 Å². The Hall–Kier alpha value is -3.08. The summed E-state index contributed by atoms with van der Waals surface area (Å²) in [6, 6.07) is 9.87. The Morgan fingerprint density at radius 2 is 1.70 bits per heavy atom. The average molecular weight is 400 g/mol. The summed E-state index contributed by atoms with van der Waals surface area (Å²) in [5.74, 6) is -0.343. The number of aryl methyl sites for hydroxylation is 1. The fourth-order valence-electron chi connectivity index (χ4n) is 2.11. The van der Waals surface area contributed by atoms with Crippen LogP contribution in [0.15, 0.2) is 57.9 Å². The Kier molecular flexibility index (Phi) is 4.79. The number of aromatic nitrogens is 2. The van der Waals surface area contributed by atoms with Crippen LogP contribution < -0.4 is 8.92 Å². The quantitative estimate of drug-likeness (QED) is 0.603. The lowest BCUT2D eigenvalue weighted by Gasteiger charge is -2.13. The van der Waals surface area contributed by atoms with Crippen molar-refractivity contribution in [2.75, 3.05) is 0 Å². The van der Waals surface area contributed by atoms with Crippen LogP contribution in [-0.4, -0.2) is 24.9 Å². The Bertz CT molecular complexity index is 1050. The number of alkyl halides is 3. The van der Waals surface area contributed by atoms with Gasteiger partial charge in [-0.2, -0.15) is 13.4 Å². The van der Waals surface area contributed by atoms with E-state index >= 15 is 0 Å². The Morgan fingerprint density at radius 1 is 1.04 bits per heavy atom. The Balaban J connectivity index is 1.85. The molecule has 0 amide bonds. The van der Waals surface area contributed by atoms with Crippen molar-refractivity contribution in [2.45, 2.75) is 18.2 Å². The average Bonchev–Trinajstić information content (AvgIpc) is 3.00. The fraction of sp³-hybridized carbons (Fsp3) is 0.125. The molecule has 27 heavy (non-hydrogen) atoms. The van der Waals surface area contributed by atoms with Gasteiger partial charge in [-0.25, -0.2) is 0 Å². The molecule has 0 saturated carbocycles. The molecule has 3 rings (SSSR count). The van der Waals surface area contributed by atoms with Crippen molar-refractivity contribution in [3.63, 3.8) is 0 Å². The smallest absolute Gasteiger partial charge is 0.404 e. The number of ether oxygens (including phenoxy) is 1. The first-order chi connectivity index (χ1) is 12.6. The first-order valence-electron chi connectivity index (χ1n) is 7.34. The molecule has 0 atom stereocenters. The van der Waals surface area contributed by atoms with Gasteiger partial charge in [0.1, 0.15) is 10.6 Å². The molecule has 7 nitrogen and oxygen atoms in total. The molecule has 3 aromatic rings. The van der Waals surface area contributed by atoms with Gasteiger partial charge in [-0.15, -0.1) is 13.2 Å². The van der Waals surface area contributed by atoms with Crippen LogP contribution in [0.25, 0.3) is 11.4 Å². The summed E-state index contributed by atoms with van der Waals surface area (Å²) in [6.45, 7) is 1.61. The summed E-state index contributed by atoms with van der Waals surface area (Å²) in [4.78, 5) is 3.27. The maximum atomic E-state index is 12.5. The molecule has 0 N–H and O–H groups in total. The molecule has 0 aliphatic rings. The van der Waals surface area contributed by atoms with Gasteiger partial charge in [-0.1, -0.05) is 17.3 Å². The van der Waals surface area contributed by atoms with E-state index in [2.05, 4.69) is 14.9 Å². The molecule has 0 aliphatic heterocycles. The molecule has 2 aromatic carbocycles. The zero-order valence-corrected chi connectivity index (χ0v) is 14.4. The SMILES string of the molecule is Cc1nc(-c2ccc(OS(=O)(=O)c3ccccc3OC(F)(F)F)cc2)no1. The van der Waals surface area contributed by atoms with Crippen LogP contribution in [-0.2, 0) is 10.1 Å². The minimum Gasteiger partial charge on any atom is -0.404 e. The third-order valence-corrected chi connectivity index (χ3v) is 4.48. The number of halogens is 3. The highest BCUT2D eigenvalue weighted by molar-refractivity contribution is 7.87. The van der Waals surface area contributed by atoms with Crippen molar-refractivity contribution in [2.24, 2.45) is 0 Å². The topological polar surface area (TPSA) is 91.5 Å². The minimum atomic E-state index is -5.05. The van der Waals surface area contributed by atoms with Crippen LogP contribution in [0.1, 0.15) is 5.89 Å². The second-order valence-corrected chi connectivity index (χ2v) is 6.71. The van der Waals surface area contributed by atoms with Gasteiger partial charge in [-0.05, 0) is 36.4 Å². The summed E-state index contributed by atoms with van der Waals surface area (Å²) >= 11 is 0. The third-order valence-electron chi connectivity index (χ3n) is 3.19. The van der Waals surface area contributed by atoms with Crippen molar-refractivity contribution in [3.05, 3.63) is 54.4 Å². The van der Waals surface area contributed by atoms with E-state index in [0.29, 0.717) is 17.3 Å². The largest absolute Gasteiger partial charge is 0.573 e. The van der Waals surface area contributed by atoms with Crippen LogP contribution in [0.2, 0.25) is 0 Å². The van der Waals surface area contributed by atoms with Crippen LogP contribution in [0, 0.1) is 6.92 Å². The van der Waals surface area contributed by atoms with Gasteiger partial charge in [0.25, 0.3) is 0 Å². The zero-order valence-electron chi connectivity index (χ0n) is 13.6. The van der Waals surface area contributed by atoms with Gasteiger partial charge in [-0.3, -0.25) is 0 Å².